The predicted molar refractivity (Wildman–Crippen MR) is 76.7 cm³/mol. The second kappa shape index (κ2) is 6.53. The maximum Gasteiger partial charge on any atom is 0.344 e. The van der Waals surface area contributed by atoms with Crippen molar-refractivity contribution in [3.63, 3.8) is 0 Å². The molecular weight excluding hydrogens is 276 g/mol. The summed E-state index contributed by atoms with van der Waals surface area (Å²) in [5.41, 5.74) is 0.494. The van der Waals surface area contributed by atoms with Crippen molar-refractivity contribution in [1.82, 2.24) is 0 Å². The molecule has 1 saturated heterocycles. The van der Waals surface area contributed by atoms with Crippen LogP contribution in [0, 0.1) is 10.1 Å². The third-order valence-electron chi connectivity index (χ3n) is 3.54. The first-order valence-corrected chi connectivity index (χ1v) is 6.80. The zero-order chi connectivity index (χ0) is 15.4. The maximum absolute atomic E-state index is 11.7. The van der Waals surface area contributed by atoms with E-state index in [9.17, 15) is 14.9 Å². The number of nitro benzene ring substituents is 1. The van der Waals surface area contributed by atoms with E-state index < -0.39 is 10.9 Å². The highest BCUT2D eigenvalue weighted by Gasteiger charge is 2.25. The minimum absolute atomic E-state index is 0.0282. The Morgan fingerprint density at radius 1 is 1.57 bits per heavy atom. The van der Waals surface area contributed by atoms with Crippen LogP contribution in [0.5, 0.6) is 0 Å². The number of carbonyl (C=O) groups excluding carboxylic acids is 1. The fourth-order valence-electron chi connectivity index (χ4n) is 2.35. The summed E-state index contributed by atoms with van der Waals surface area (Å²) in [7, 11) is 1.21. The number of esters is 1. The van der Waals surface area contributed by atoms with E-state index in [0.29, 0.717) is 19.7 Å². The molecule has 0 saturated carbocycles. The Morgan fingerprint density at radius 3 is 2.95 bits per heavy atom. The standard InChI is InChI=1S/C14H18N2O5/c1-3-11-9-15(6-7-21-11)10-4-5-13(16(18)19)12(8-10)14(17)20-2/h4-5,8,11H,3,6-7,9H2,1-2H3/t11-/m1/s1. The number of benzene rings is 1. The molecule has 7 nitrogen and oxygen atoms in total. The molecule has 1 aliphatic heterocycles. The zero-order valence-corrected chi connectivity index (χ0v) is 12.1. The molecule has 0 radical (unpaired) electrons. The number of hydrogen-bond acceptors (Lipinski definition) is 6. The first-order chi connectivity index (χ1) is 10.1. The Kier molecular flexibility index (Phi) is 4.74. The molecule has 7 heteroatoms. The average Bonchev–Trinajstić information content (AvgIpc) is 2.53. The molecule has 1 fully saturated rings. The van der Waals surface area contributed by atoms with E-state index in [2.05, 4.69) is 9.64 Å². The van der Waals surface area contributed by atoms with Crippen LogP contribution in [0.4, 0.5) is 11.4 Å². The van der Waals surface area contributed by atoms with Crippen molar-refractivity contribution in [1.29, 1.82) is 0 Å². The Hall–Kier alpha value is -2.15. The maximum atomic E-state index is 11.7. The fourth-order valence-corrected chi connectivity index (χ4v) is 2.35. The van der Waals surface area contributed by atoms with Crippen molar-refractivity contribution < 1.29 is 19.2 Å². The molecule has 21 heavy (non-hydrogen) atoms. The van der Waals surface area contributed by atoms with Gasteiger partial charge in [0.15, 0.2) is 0 Å². The lowest BCUT2D eigenvalue weighted by molar-refractivity contribution is -0.385. The summed E-state index contributed by atoms with van der Waals surface area (Å²) < 4.78 is 10.2. The van der Waals surface area contributed by atoms with Crippen molar-refractivity contribution in [3.8, 4) is 0 Å². The van der Waals surface area contributed by atoms with Gasteiger partial charge in [0, 0.05) is 24.8 Å². The molecular formula is C14H18N2O5. The van der Waals surface area contributed by atoms with Crippen LogP contribution in [0.2, 0.25) is 0 Å². The summed E-state index contributed by atoms with van der Waals surface area (Å²) in [6.45, 7) is 4.04. The highest BCUT2D eigenvalue weighted by atomic mass is 16.6. The van der Waals surface area contributed by atoms with Gasteiger partial charge >= 0.3 is 5.97 Å². The van der Waals surface area contributed by atoms with Gasteiger partial charge in [0.2, 0.25) is 0 Å². The van der Waals surface area contributed by atoms with Crippen LogP contribution >= 0.6 is 0 Å². The lowest BCUT2D eigenvalue weighted by atomic mass is 10.1. The third-order valence-corrected chi connectivity index (χ3v) is 3.54. The molecule has 1 aliphatic rings. The van der Waals surface area contributed by atoms with E-state index in [1.165, 1.54) is 19.2 Å². The van der Waals surface area contributed by atoms with E-state index in [0.717, 1.165) is 12.1 Å². The van der Waals surface area contributed by atoms with E-state index in [1.54, 1.807) is 6.07 Å². The van der Waals surface area contributed by atoms with Gasteiger partial charge in [-0.1, -0.05) is 6.92 Å². The number of hydrogen-bond donors (Lipinski definition) is 0. The lowest BCUT2D eigenvalue weighted by Crippen LogP contribution is -2.42. The van der Waals surface area contributed by atoms with Gasteiger partial charge in [-0.2, -0.15) is 0 Å². The third kappa shape index (κ3) is 3.30. The number of carbonyl (C=O) groups is 1. The van der Waals surface area contributed by atoms with E-state index >= 15 is 0 Å². The van der Waals surface area contributed by atoms with Crippen molar-refractivity contribution in [3.05, 3.63) is 33.9 Å². The first-order valence-electron chi connectivity index (χ1n) is 6.80. The summed E-state index contributed by atoms with van der Waals surface area (Å²) in [6.07, 6.45) is 1.03. The first kappa shape index (κ1) is 15.2. The van der Waals surface area contributed by atoms with Crippen molar-refractivity contribution in [2.45, 2.75) is 19.4 Å². The molecule has 114 valence electrons. The number of methoxy groups -OCH3 is 1. The van der Waals surface area contributed by atoms with Crippen molar-refractivity contribution in [2.75, 3.05) is 31.7 Å². The number of morpholine rings is 1. The van der Waals surface area contributed by atoms with Gasteiger partial charge in [-0.3, -0.25) is 10.1 Å². The molecule has 0 bridgehead atoms. The van der Waals surface area contributed by atoms with Crippen LogP contribution < -0.4 is 4.90 Å². The van der Waals surface area contributed by atoms with Crippen LogP contribution in [0.1, 0.15) is 23.7 Å². The SMILES string of the molecule is CC[C@@H]1CN(c2ccc([N+](=O)[O-])c(C(=O)OC)c2)CCO1. The van der Waals surface area contributed by atoms with Crippen LogP contribution in [0.25, 0.3) is 0 Å². The molecule has 0 aliphatic carbocycles. The van der Waals surface area contributed by atoms with Crippen molar-refractivity contribution >= 4 is 17.3 Å². The Bertz CT molecular complexity index is 546. The molecule has 1 aromatic rings. The molecule has 0 unspecified atom stereocenters. The van der Waals surface area contributed by atoms with Gasteiger partial charge in [0.25, 0.3) is 5.69 Å². The molecule has 0 aromatic heterocycles. The van der Waals surface area contributed by atoms with Gasteiger partial charge < -0.3 is 14.4 Å². The quantitative estimate of drug-likeness (QED) is 0.480. The summed E-state index contributed by atoms with van der Waals surface area (Å²) in [5.74, 6) is -0.705. The summed E-state index contributed by atoms with van der Waals surface area (Å²) in [4.78, 5) is 24.2. The van der Waals surface area contributed by atoms with Gasteiger partial charge in [-0.15, -0.1) is 0 Å². The van der Waals surface area contributed by atoms with E-state index in [4.69, 9.17) is 4.74 Å². The minimum atomic E-state index is -0.705. The molecule has 0 N–H and O–H groups in total. The highest BCUT2D eigenvalue weighted by molar-refractivity contribution is 5.95. The number of ether oxygens (including phenoxy) is 2. The number of nitrogens with zero attached hydrogens (tertiary/aromatic N) is 2. The van der Waals surface area contributed by atoms with Crippen LogP contribution in [0.3, 0.4) is 0 Å². The summed E-state index contributed by atoms with van der Waals surface area (Å²) in [5, 5.41) is 11.0. The van der Waals surface area contributed by atoms with E-state index in [-0.39, 0.29) is 17.4 Å². The second-order valence-electron chi connectivity index (χ2n) is 4.80. The molecule has 1 atom stereocenters. The predicted octanol–water partition coefficient (Wildman–Crippen LogP) is 2.00. The zero-order valence-electron chi connectivity index (χ0n) is 12.1. The summed E-state index contributed by atoms with van der Waals surface area (Å²) in [6, 6.07) is 4.52. The van der Waals surface area contributed by atoms with Gasteiger partial charge in [0.05, 0.1) is 24.7 Å². The second-order valence-corrected chi connectivity index (χ2v) is 4.80. The molecule has 0 spiro atoms. The Balaban J connectivity index is 2.33. The monoisotopic (exact) mass is 294 g/mol. The van der Waals surface area contributed by atoms with Crippen molar-refractivity contribution in [2.24, 2.45) is 0 Å². The smallest absolute Gasteiger partial charge is 0.344 e. The Morgan fingerprint density at radius 2 is 2.33 bits per heavy atom. The molecule has 1 aromatic carbocycles. The topological polar surface area (TPSA) is 81.9 Å². The number of nitro groups is 1. The van der Waals surface area contributed by atoms with Crippen LogP contribution in [-0.4, -0.2) is 43.8 Å². The largest absolute Gasteiger partial charge is 0.465 e. The molecule has 0 amide bonds. The van der Waals surface area contributed by atoms with Crippen LogP contribution in [-0.2, 0) is 9.47 Å². The average molecular weight is 294 g/mol. The number of anilines is 1. The molecule has 2 rings (SSSR count). The van der Waals surface area contributed by atoms with Gasteiger partial charge in [-0.25, -0.2) is 4.79 Å². The normalized spacial score (nSPS) is 18.4. The number of rotatable bonds is 4. The van der Waals surface area contributed by atoms with Gasteiger partial charge in [-0.05, 0) is 18.6 Å². The minimum Gasteiger partial charge on any atom is -0.465 e. The highest BCUT2D eigenvalue weighted by Crippen LogP contribution is 2.27. The fraction of sp³-hybridized carbons (Fsp3) is 0.500. The summed E-state index contributed by atoms with van der Waals surface area (Å²) >= 11 is 0. The lowest BCUT2D eigenvalue weighted by Gasteiger charge is -2.34. The van der Waals surface area contributed by atoms with Crippen LogP contribution in [0.15, 0.2) is 18.2 Å². The molecule has 1 heterocycles. The van der Waals surface area contributed by atoms with E-state index in [1.807, 2.05) is 6.92 Å². The Labute approximate surface area is 122 Å². The van der Waals surface area contributed by atoms with Gasteiger partial charge in [0.1, 0.15) is 5.56 Å².